The summed E-state index contributed by atoms with van der Waals surface area (Å²) in [5.74, 6) is -0.458. The van der Waals surface area contributed by atoms with Crippen molar-refractivity contribution in [2.24, 2.45) is 5.16 Å². The van der Waals surface area contributed by atoms with E-state index in [4.69, 9.17) is 11.6 Å². The van der Waals surface area contributed by atoms with Crippen LogP contribution in [0, 0.1) is 0 Å². The second kappa shape index (κ2) is 7.94. The van der Waals surface area contributed by atoms with Gasteiger partial charge in [-0.3, -0.25) is 0 Å². The Bertz CT molecular complexity index is 1040. The van der Waals surface area contributed by atoms with Crippen molar-refractivity contribution in [2.75, 3.05) is 0 Å². The van der Waals surface area contributed by atoms with Gasteiger partial charge in [0.15, 0.2) is 0 Å². The molecule has 0 amide bonds. The van der Waals surface area contributed by atoms with Gasteiger partial charge in [-0.2, -0.15) is 31.1 Å². The van der Waals surface area contributed by atoms with Crippen LogP contribution in [0.5, 0.6) is 0 Å². The van der Waals surface area contributed by atoms with Crippen molar-refractivity contribution in [3.63, 3.8) is 0 Å². The Morgan fingerprint density at radius 3 is 2.03 bits per heavy atom. The molecule has 6 nitrogen and oxygen atoms in total. The molecular weight excluding hydrogens is 440 g/mol. The summed E-state index contributed by atoms with van der Waals surface area (Å²) in [4.78, 5) is 0.868. The molecule has 0 aliphatic heterocycles. The molecule has 3 aromatic rings. The molecule has 158 valence electrons. The molecule has 0 unspecified atom stereocenters. The van der Waals surface area contributed by atoms with E-state index in [1.807, 2.05) is 0 Å². The molecule has 1 heterocycles. The second-order valence-corrected chi connectivity index (χ2v) is 6.43. The van der Waals surface area contributed by atoms with Crippen molar-refractivity contribution in [2.45, 2.75) is 18.9 Å². The summed E-state index contributed by atoms with van der Waals surface area (Å²) in [7, 11) is 0. The largest absolute Gasteiger partial charge is 0.416 e. The van der Waals surface area contributed by atoms with Gasteiger partial charge >= 0.3 is 12.4 Å². The zero-order valence-electron chi connectivity index (χ0n) is 14.6. The molecule has 0 saturated carbocycles. The van der Waals surface area contributed by atoms with Crippen LogP contribution < -0.4 is 0 Å². The highest BCUT2D eigenvalue weighted by Gasteiger charge is 2.37. The van der Waals surface area contributed by atoms with Crippen LogP contribution in [-0.2, 0) is 18.9 Å². The average molecular weight is 450 g/mol. The maximum absolute atomic E-state index is 13.0. The molecular formula is C17H10ClF6N5O. The standard InChI is InChI=1S/C17H10ClF6N5O/c18-13-3-1-9(2-4-13)14(27-30)8-29-26-15(25-28-29)10-5-11(16(19,20)21)7-12(6-10)17(22,23)24/h1-7,30H,8H2/b27-14-. The third-order valence-electron chi connectivity index (χ3n) is 3.89. The number of hydrogen-bond acceptors (Lipinski definition) is 5. The lowest BCUT2D eigenvalue weighted by Crippen LogP contribution is -2.14. The van der Waals surface area contributed by atoms with Crippen molar-refractivity contribution in [1.82, 2.24) is 20.2 Å². The molecule has 3 rings (SSSR count). The zero-order chi connectivity index (χ0) is 22.1. The van der Waals surface area contributed by atoms with Gasteiger partial charge in [-0.1, -0.05) is 28.9 Å². The Kier molecular flexibility index (Phi) is 5.70. The van der Waals surface area contributed by atoms with Crippen molar-refractivity contribution >= 4 is 17.3 Å². The van der Waals surface area contributed by atoms with Crippen molar-refractivity contribution in [3.8, 4) is 11.4 Å². The lowest BCUT2D eigenvalue weighted by molar-refractivity contribution is -0.143. The molecule has 1 aromatic heterocycles. The minimum absolute atomic E-state index is 0.00494. The van der Waals surface area contributed by atoms with Gasteiger partial charge in [-0.15, -0.1) is 10.2 Å². The predicted molar refractivity (Wildman–Crippen MR) is 93.0 cm³/mol. The highest BCUT2D eigenvalue weighted by Crippen LogP contribution is 2.37. The SMILES string of the molecule is O/N=C(/Cn1nnc(-c2cc(C(F)(F)F)cc(C(F)(F)F)c2)n1)c1ccc(Cl)cc1. The fourth-order valence-electron chi connectivity index (χ4n) is 2.47. The van der Waals surface area contributed by atoms with Crippen LogP contribution in [-0.4, -0.2) is 31.1 Å². The maximum Gasteiger partial charge on any atom is 0.416 e. The number of rotatable bonds is 4. The van der Waals surface area contributed by atoms with Crippen molar-refractivity contribution in [3.05, 3.63) is 64.2 Å². The van der Waals surface area contributed by atoms with Crippen LogP contribution in [0.15, 0.2) is 47.6 Å². The van der Waals surface area contributed by atoms with Crippen LogP contribution in [0.3, 0.4) is 0 Å². The summed E-state index contributed by atoms with van der Waals surface area (Å²) in [6.07, 6.45) is -10.0. The number of benzene rings is 2. The minimum Gasteiger partial charge on any atom is -0.411 e. The Hall–Kier alpha value is -3.15. The van der Waals surface area contributed by atoms with Crippen molar-refractivity contribution < 1.29 is 31.5 Å². The van der Waals surface area contributed by atoms with Crippen LogP contribution in [0.1, 0.15) is 16.7 Å². The summed E-state index contributed by atoms with van der Waals surface area (Å²) in [6.45, 7) is -0.254. The highest BCUT2D eigenvalue weighted by molar-refractivity contribution is 6.30. The second-order valence-electron chi connectivity index (χ2n) is 5.99. The smallest absolute Gasteiger partial charge is 0.411 e. The van der Waals surface area contributed by atoms with Crippen LogP contribution in [0.4, 0.5) is 26.3 Å². The summed E-state index contributed by atoms with van der Waals surface area (Å²) < 4.78 is 78.1. The molecule has 0 aliphatic carbocycles. The topological polar surface area (TPSA) is 76.2 Å². The van der Waals surface area contributed by atoms with Crippen LogP contribution >= 0.6 is 11.6 Å². The van der Waals surface area contributed by atoms with E-state index in [-0.39, 0.29) is 18.3 Å². The predicted octanol–water partition coefficient (Wildman–Crippen LogP) is 4.91. The molecule has 0 aliphatic rings. The fraction of sp³-hybridized carbons (Fsp3) is 0.176. The molecule has 30 heavy (non-hydrogen) atoms. The lowest BCUT2D eigenvalue weighted by Gasteiger charge is -2.12. The van der Waals surface area contributed by atoms with E-state index in [9.17, 15) is 31.5 Å². The molecule has 0 atom stereocenters. The van der Waals surface area contributed by atoms with Gasteiger partial charge in [0.25, 0.3) is 0 Å². The first-order valence-corrected chi connectivity index (χ1v) is 8.39. The fourth-order valence-corrected chi connectivity index (χ4v) is 2.59. The summed E-state index contributed by atoms with van der Waals surface area (Å²) >= 11 is 5.78. The Morgan fingerprint density at radius 1 is 0.967 bits per heavy atom. The van der Waals surface area contributed by atoms with E-state index in [1.54, 1.807) is 0 Å². The highest BCUT2D eigenvalue weighted by atomic mass is 35.5. The molecule has 0 fully saturated rings. The minimum atomic E-state index is -5.00. The molecule has 0 spiro atoms. The van der Waals surface area contributed by atoms with E-state index >= 15 is 0 Å². The Labute approximate surface area is 169 Å². The van der Waals surface area contributed by atoms with E-state index in [0.29, 0.717) is 22.7 Å². The Balaban J connectivity index is 1.94. The molecule has 0 radical (unpaired) electrons. The first-order valence-electron chi connectivity index (χ1n) is 8.02. The van der Waals surface area contributed by atoms with E-state index < -0.39 is 34.9 Å². The van der Waals surface area contributed by atoms with E-state index in [1.165, 1.54) is 24.3 Å². The van der Waals surface area contributed by atoms with Gasteiger partial charge in [0.05, 0.1) is 11.1 Å². The summed E-state index contributed by atoms with van der Waals surface area (Å²) in [5.41, 5.74) is -3.00. The quantitative estimate of drug-likeness (QED) is 0.266. The van der Waals surface area contributed by atoms with Gasteiger partial charge in [0.2, 0.25) is 5.82 Å². The normalized spacial score (nSPS) is 13.0. The van der Waals surface area contributed by atoms with Crippen LogP contribution in [0.25, 0.3) is 11.4 Å². The third-order valence-corrected chi connectivity index (χ3v) is 4.14. The maximum atomic E-state index is 13.0. The average Bonchev–Trinajstić information content (AvgIpc) is 3.14. The number of tetrazole rings is 1. The number of nitrogens with zero attached hydrogens (tertiary/aromatic N) is 5. The monoisotopic (exact) mass is 449 g/mol. The summed E-state index contributed by atoms with van der Waals surface area (Å²) in [6, 6.07) is 7.14. The first-order chi connectivity index (χ1) is 14.0. The van der Waals surface area contributed by atoms with Gasteiger partial charge in [-0.05, 0) is 35.5 Å². The van der Waals surface area contributed by atoms with Gasteiger partial charge < -0.3 is 5.21 Å². The zero-order valence-corrected chi connectivity index (χ0v) is 15.3. The van der Waals surface area contributed by atoms with Gasteiger partial charge in [0, 0.05) is 16.1 Å². The van der Waals surface area contributed by atoms with E-state index in [0.717, 1.165) is 4.80 Å². The van der Waals surface area contributed by atoms with Crippen LogP contribution in [0.2, 0.25) is 5.02 Å². The van der Waals surface area contributed by atoms with Gasteiger partial charge in [0.1, 0.15) is 12.3 Å². The number of halogens is 7. The molecule has 0 bridgehead atoms. The summed E-state index contributed by atoms with van der Waals surface area (Å²) in [5, 5.41) is 23.7. The van der Waals surface area contributed by atoms with Gasteiger partial charge in [-0.25, -0.2) is 0 Å². The first kappa shape index (κ1) is 21.6. The Morgan fingerprint density at radius 2 is 1.53 bits per heavy atom. The molecule has 13 heteroatoms. The van der Waals surface area contributed by atoms with E-state index in [2.05, 4.69) is 20.6 Å². The third kappa shape index (κ3) is 4.87. The molecule has 2 aromatic carbocycles. The molecule has 1 N–H and O–H groups in total. The molecule has 0 saturated heterocycles. The number of alkyl halides is 6. The number of aromatic nitrogens is 4. The number of hydrogen-bond donors (Lipinski definition) is 1. The lowest BCUT2D eigenvalue weighted by atomic mass is 10.0. The number of oxime groups is 1. The van der Waals surface area contributed by atoms with Crippen molar-refractivity contribution in [1.29, 1.82) is 0 Å².